The summed E-state index contributed by atoms with van der Waals surface area (Å²) >= 11 is 0. The Morgan fingerprint density at radius 3 is 2.53 bits per heavy atom. The van der Waals surface area contributed by atoms with Crippen molar-refractivity contribution in [1.82, 2.24) is 0 Å². The van der Waals surface area contributed by atoms with Crippen molar-refractivity contribution in [1.29, 1.82) is 0 Å². The van der Waals surface area contributed by atoms with E-state index in [0.29, 0.717) is 34.6 Å². The number of benzene rings is 3. The average molecular weight is 735 g/mol. The number of halogens is 5. The number of amides is 1. The molecule has 1 N–H and O–H groups in total. The first-order valence-electron chi connectivity index (χ1n) is 17.8. The molecule has 3 aromatic rings. The van der Waals surface area contributed by atoms with E-state index in [0.717, 1.165) is 49.6 Å². The van der Waals surface area contributed by atoms with Gasteiger partial charge in [-0.05, 0) is 68.4 Å². The Hall–Kier alpha value is -4.91. The zero-order valence-electron chi connectivity index (χ0n) is 29.6. The number of nitrogens with one attached hydrogen (secondary N) is 1. The number of nitrogens with zero attached hydrogens (tertiary/aromatic N) is 3. The first kappa shape index (κ1) is 36.4. The van der Waals surface area contributed by atoms with E-state index in [9.17, 15) is 22.8 Å². The lowest BCUT2D eigenvalue weighted by atomic mass is 9.86. The molecule has 1 unspecified atom stereocenters. The maximum Gasteiger partial charge on any atom is 0.417 e. The van der Waals surface area contributed by atoms with Crippen LogP contribution in [0, 0.1) is 11.6 Å². The van der Waals surface area contributed by atoms with Gasteiger partial charge in [-0.2, -0.15) is 13.2 Å². The Morgan fingerprint density at radius 1 is 1.11 bits per heavy atom. The fourth-order valence-corrected chi connectivity index (χ4v) is 8.03. The van der Waals surface area contributed by atoms with E-state index in [1.165, 1.54) is 12.1 Å². The molecule has 0 radical (unpaired) electrons. The van der Waals surface area contributed by atoms with Gasteiger partial charge in [-0.25, -0.2) is 8.78 Å². The molecule has 1 aliphatic carbocycles. The second-order valence-electron chi connectivity index (χ2n) is 13.8. The summed E-state index contributed by atoms with van der Waals surface area (Å²) in [5.41, 5.74) is 1.75. The van der Waals surface area contributed by atoms with Crippen LogP contribution in [0.5, 0.6) is 5.75 Å². The maximum atomic E-state index is 15.3. The molecule has 13 heteroatoms. The minimum atomic E-state index is -4.72. The summed E-state index contributed by atoms with van der Waals surface area (Å²) in [6, 6.07) is 7.70. The van der Waals surface area contributed by atoms with E-state index in [2.05, 4.69) is 15.3 Å². The highest BCUT2D eigenvalue weighted by Crippen LogP contribution is 2.57. The van der Waals surface area contributed by atoms with Crippen LogP contribution in [0.25, 0.3) is 11.1 Å². The number of para-hydroxylation sites is 1. The van der Waals surface area contributed by atoms with E-state index in [1.54, 1.807) is 37.1 Å². The summed E-state index contributed by atoms with van der Waals surface area (Å²) in [7, 11) is 1.68. The molecule has 0 spiro atoms. The van der Waals surface area contributed by atoms with Crippen LogP contribution in [0.4, 0.5) is 39.0 Å². The molecular weight excluding hydrogens is 695 g/mol. The highest BCUT2D eigenvalue weighted by atomic mass is 19.4. The molecule has 53 heavy (non-hydrogen) atoms. The summed E-state index contributed by atoms with van der Waals surface area (Å²) in [6.07, 6.45) is 2.10. The summed E-state index contributed by atoms with van der Waals surface area (Å²) in [6.45, 7) is 4.27. The third kappa shape index (κ3) is 6.87. The third-order valence-corrected chi connectivity index (χ3v) is 10.6. The molecular formula is C40H39F5N4O4. The number of aliphatic imine (C=N–C) groups is 2. The van der Waals surface area contributed by atoms with Gasteiger partial charge in [0.15, 0.2) is 11.5 Å². The number of fused-ring (bicyclic) bond motifs is 4. The quantitative estimate of drug-likeness (QED) is 0.142. The lowest BCUT2D eigenvalue weighted by molar-refractivity contribution is -0.137. The first-order valence-corrected chi connectivity index (χ1v) is 17.8. The fourth-order valence-electron chi connectivity index (χ4n) is 8.03. The molecule has 3 aliphatic heterocycles. The summed E-state index contributed by atoms with van der Waals surface area (Å²) in [5.74, 6) is -4.80. The van der Waals surface area contributed by atoms with Gasteiger partial charge in [0, 0.05) is 59.4 Å². The van der Waals surface area contributed by atoms with Crippen LogP contribution >= 0.6 is 0 Å². The van der Waals surface area contributed by atoms with Crippen molar-refractivity contribution in [2.24, 2.45) is 9.98 Å². The van der Waals surface area contributed by atoms with E-state index in [1.807, 2.05) is 6.92 Å². The predicted molar refractivity (Wildman–Crippen MR) is 193 cm³/mol. The molecule has 0 aromatic heterocycles. The lowest BCUT2D eigenvalue weighted by Gasteiger charge is -2.29. The number of rotatable bonds is 8. The van der Waals surface area contributed by atoms with Gasteiger partial charge in [0.25, 0.3) is 0 Å². The zero-order valence-corrected chi connectivity index (χ0v) is 29.6. The molecule has 3 aromatic carbocycles. The Labute approximate surface area is 303 Å². The Balaban J connectivity index is 1.15. The van der Waals surface area contributed by atoms with E-state index < -0.39 is 46.7 Å². The number of ether oxygens (including phenoxy) is 2. The van der Waals surface area contributed by atoms with Crippen molar-refractivity contribution in [2.75, 3.05) is 43.6 Å². The second-order valence-corrected chi connectivity index (χ2v) is 13.8. The summed E-state index contributed by atoms with van der Waals surface area (Å²) < 4.78 is 86.6. The van der Waals surface area contributed by atoms with Gasteiger partial charge in [0.05, 0.1) is 30.7 Å². The molecule has 3 heterocycles. The predicted octanol–water partition coefficient (Wildman–Crippen LogP) is 8.95. The van der Waals surface area contributed by atoms with Crippen molar-refractivity contribution >= 4 is 40.2 Å². The fraction of sp³-hybridized carbons (Fsp3) is 0.400. The van der Waals surface area contributed by atoms with Crippen molar-refractivity contribution in [3.63, 3.8) is 0 Å². The highest BCUT2D eigenvalue weighted by Gasteiger charge is 2.44. The molecule has 8 nitrogen and oxygen atoms in total. The Morgan fingerprint density at radius 2 is 1.85 bits per heavy atom. The highest BCUT2D eigenvalue weighted by molar-refractivity contribution is 6.07. The van der Waals surface area contributed by atoms with Crippen LogP contribution < -0.4 is 15.0 Å². The number of hydrogen-bond donors (Lipinski definition) is 1. The maximum absolute atomic E-state index is 15.3. The minimum Gasteiger partial charge on any atom is -0.489 e. The van der Waals surface area contributed by atoms with Crippen molar-refractivity contribution < 1.29 is 41.0 Å². The average Bonchev–Trinajstić information content (AvgIpc) is 3.66. The van der Waals surface area contributed by atoms with Crippen LogP contribution in [0.3, 0.4) is 0 Å². The number of methoxy groups -OCH3 is 1. The summed E-state index contributed by atoms with van der Waals surface area (Å²) in [5, 5.41) is 2.21. The van der Waals surface area contributed by atoms with Gasteiger partial charge in [0.2, 0.25) is 5.91 Å². The topological polar surface area (TPSA) is 92.6 Å². The monoisotopic (exact) mass is 734 g/mol. The smallest absolute Gasteiger partial charge is 0.417 e. The van der Waals surface area contributed by atoms with Crippen LogP contribution in [-0.2, 0) is 15.7 Å². The van der Waals surface area contributed by atoms with Crippen LogP contribution in [0.1, 0.15) is 84.8 Å². The molecule has 2 atom stereocenters. The first-order chi connectivity index (χ1) is 25.4. The van der Waals surface area contributed by atoms with Crippen molar-refractivity contribution in [2.45, 2.75) is 70.1 Å². The molecule has 4 aliphatic rings. The molecule has 1 amide bonds. The van der Waals surface area contributed by atoms with Crippen LogP contribution in [0.15, 0.2) is 58.5 Å². The zero-order chi connectivity index (χ0) is 37.6. The Kier molecular flexibility index (Phi) is 9.96. The van der Waals surface area contributed by atoms with Gasteiger partial charge in [0.1, 0.15) is 29.6 Å². The van der Waals surface area contributed by atoms with Crippen molar-refractivity contribution in [3.8, 4) is 16.9 Å². The molecule has 1 saturated carbocycles. The van der Waals surface area contributed by atoms with Gasteiger partial charge < -0.3 is 19.7 Å². The number of carbonyl (C=O) groups excluding carboxylic acids is 2. The van der Waals surface area contributed by atoms with E-state index in [4.69, 9.17) is 9.47 Å². The number of hydrogen-bond acceptors (Lipinski definition) is 7. The molecule has 7 rings (SSSR count). The number of alkyl halides is 3. The molecule has 0 bridgehead atoms. The molecule has 1 fully saturated rings. The summed E-state index contributed by atoms with van der Waals surface area (Å²) in [4.78, 5) is 37.4. The number of carbonyl (C=O) groups is 2. The number of anilines is 2. The standard InChI is InChI=1S/C40H39F5N4O4/c1-4-25-21(2)47-35-28(25)19-30(40(43,44)45)34-27-8-5-7-26-29(20-49(37(26)27)15-16-53-39(34)35)38(51)22-17-31(41)36(32(42)18-22)48-33(50)9-6-14-46-23-10-12-24(52-3)13-11-23/h5-9,17-19,24-25,29H,4,10-16,20H2,1-3H3,(H,48,50)/b9-6+,46-23?/t24?,25-,29?/m0/s1. The second kappa shape index (κ2) is 14.5. The van der Waals surface area contributed by atoms with Crippen LogP contribution in [0.2, 0.25) is 0 Å². The lowest BCUT2D eigenvalue weighted by Crippen LogP contribution is -2.30. The number of Topliss-reactive ketones (excluding diaryl/α,β-unsaturated/α-hetero) is 1. The van der Waals surface area contributed by atoms with Gasteiger partial charge in [-0.1, -0.05) is 31.2 Å². The van der Waals surface area contributed by atoms with Crippen molar-refractivity contribution in [3.05, 3.63) is 82.4 Å². The Bertz CT molecular complexity index is 2040. The van der Waals surface area contributed by atoms with Gasteiger partial charge in [-0.3, -0.25) is 19.6 Å². The minimum absolute atomic E-state index is 0.0230. The van der Waals surface area contributed by atoms with E-state index in [-0.39, 0.29) is 60.7 Å². The van der Waals surface area contributed by atoms with Crippen LogP contribution in [-0.4, -0.2) is 62.6 Å². The van der Waals surface area contributed by atoms with Gasteiger partial charge >= 0.3 is 6.18 Å². The molecule has 0 saturated heterocycles. The largest absolute Gasteiger partial charge is 0.489 e. The normalized spacial score (nSPS) is 20.6. The third-order valence-electron chi connectivity index (χ3n) is 10.6. The van der Waals surface area contributed by atoms with E-state index >= 15 is 8.78 Å². The molecule has 278 valence electrons. The number of ketones is 1. The van der Waals surface area contributed by atoms with Gasteiger partial charge in [-0.15, -0.1) is 0 Å². The SMILES string of the molecule is CC[C@H]1C(C)=Nc2c1cc(C(F)(F)F)c1c2OCCN2CC(C(=O)c3cc(F)c(NC(=O)/C=C/CN=C4CCC(OC)CC4)c(F)c3)c3cccc-1c32.